The number of carbonyl (C=O) groups excluding carboxylic acids is 1. The van der Waals surface area contributed by atoms with Crippen molar-refractivity contribution >= 4 is 11.4 Å². The third kappa shape index (κ3) is 2.82. The standard InChI is InChI=1S/C19H22N4O/c1-2-9-20-19(24)15-12-18(23-10-4-3-5-17(15)23)16-8-11-22(21-16)13-14-6-7-14/h3-5,8,10-12,14H,2,6-7,9,13H2,1H3,(H,20,24). The molecule has 0 radical (unpaired) electrons. The summed E-state index contributed by atoms with van der Waals surface area (Å²) in [5.41, 5.74) is 3.49. The maximum atomic E-state index is 12.5. The molecule has 1 fully saturated rings. The summed E-state index contributed by atoms with van der Waals surface area (Å²) in [4.78, 5) is 12.5. The molecule has 0 saturated heterocycles. The Labute approximate surface area is 141 Å². The quantitative estimate of drug-likeness (QED) is 0.756. The summed E-state index contributed by atoms with van der Waals surface area (Å²) in [6.07, 6.45) is 7.57. The summed E-state index contributed by atoms with van der Waals surface area (Å²) in [6, 6.07) is 9.90. The monoisotopic (exact) mass is 322 g/mol. The lowest BCUT2D eigenvalue weighted by Gasteiger charge is -2.02. The second kappa shape index (κ2) is 6.15. The van der Waals surface area contributed by atoms with Crippen molar-refractivity contribution in [1.82, 2.24) is 19.5 Å². The van der Waals surface area contributed by atoms with Gasteiger partial charge in [-0.1, -0.05) is 13.0 Å². The molecular weight excluding hydrogens is 300 g/mol. The molecule has 3 aromatic heterocycles. The number of rotatable bonds is 6. The molecule has 24 heavy (non-hydrogen) atoms. The van der Waals surface area contributed by atoms with E-state index < -0.39 is 0 Å². The van der Waals surface area contributed by atoms with Crippen molar-refractivity contribution in [3.8, 4) is 11.4 Å². The van der Waals surface area contributed by atoms with Crippen LogP contribution in [0, 0.1) is 5.92 Å². The van der Waals surface area contributed by atoms with E-state index in [1.807, 2.05) is 51.8 Å². The third-order valence-corrected chi connectivity index (χ3v) is 4.50. The van der Waals surface area contributed by atoms with E-state index in [1.54, 1.807) is 0 Å². The SMILES string of the molecule is CCCNC(=O)c1cc(-c2ccn(CC3CC3)n2)n2ccccc12. The van der Waals surface area contributed by atoms with Gasteiger partial charge in [0.2, 0.25) is 0 Å². The summed E-state index contributed by atoms with van der Waals surface area (Å²) < 4.78 is 4.07. The van der Waals surface area contributed by atoms with E-state index in [-0.39, 0.29) is 5.91 Å². The number of carbonyl (C=O) groups is 1. The van der Waals surface area contributed by atoms with Crippen molar-refractivity contribution in [2.45, 2.75) is 32.7 Å². The fourth-order valence-electron chi connectivity index (χ4n) is 3.03. The Balaban J connectivity index is 1.72. The van der Waals surface area contributed by atoms with E-state index in [9.17, 15) is 4.79 Å². The van der Waals surface area contributed by atoms with Crippen molar-refractivity contribution < 1.29 is 4.79 Å². The first-order chi connectivity index (χ1) is 11.8. The smallest absolute Gasteiger partial charge is 0.253 e. The Morgan fingerprint density at radius 3 is 2.96 bits per heavy atom. The summed E-state index contributed by atoms with van der Waals surface area (Å²) in [6.45, 7) is 3.73. The molecule has 1 aliphatic rings. The number of nitrogens with zero attached hydrogens (tertiary/aromatic N) is 3. The first kappa shape index (κ1) is 15.0. The van der Waals surface area contributed by atoms with Crippen LogP contribution in [-0.4, -0.2) is 26.6 Å². The van der Waals surface area contributed by atoms with Gasteiger partial charge in [-0.2, -0.15) is 5.10 Å². The number of amides is 1. The van der Waals surface area contributed by atoms with Gasteiger partial charge in [0, 0.05) is 25.5 Å². The molecule has 124 valence electrons. The maximum Gasteiger partial charge on any atom is 0.253 e. The fraction of sp³-hybridized carbons (Fsp3) is 0.368. The topological polar surface area (TPSA) is 51.3 Å². The van der Waals surface area contributed by atoms with Gasteiger partial charge < -0.3 is 9.72 Å². The van der Waals surface area contributed by atoms with E-state index >= 15 is 0 Å². The highest BCUT2D eigenvalue weighted by Crippen LogP contribution is 2.31. The first-order valence-corrected chi connectivity index (χ1v) is 8.68. The summed E-state index contributed by atoms with van der Waals surface area (Å²) in [7, 11) is 0. The van der Waals surface area contributed by atoms with Gasteiger partial charge in [0.1, 0.15) is 5.69 Å². The molecule has 1 saturated carbocycles. The van der Waals surface area contributed by atoms with Crippen LogP contribution in [0.15, 0.2) is 42.7 Å². The van der Waals surface area contributed by atoms with Gasteiger partial charge in [0.25, 0.3) is 5.91 Å². The van der Waals surface area contributed by atoms with E-state index in [2.05, 4.69) is 12.2 Å². The zero-order valence-corrected chi connectivity index (χ0v) is 13.9. The van der Waals surface area contributed by atoms with Gasteiger partial charge in [0.05, 0.1) is 16.8 Å². The van der Waals surface area contributed by atoms with Crippen LogP contribution in [-0.2, 0) is 6.54 Å². The predicted molar refractivity (Wildman–Crippen MR) is 94.0 cm³/mol. The van der Waals surface area contributed by atoms with Gasteiger partial charge >= 0.3 is 0 Å². The first-order valence-electron chi connectivity index (χ1n) is 8.68. The Kier molecular flexibility index (Phi) is 3.84. The van der Waals surface area contributed by atoms with Crippen LogP contribution in [0.25, 0.3) is 16.9 Å². The van der Waals surface area contributed by atoms with Crippen molar-refractivity contribution in [2.75, 3.05) is 6.54 Å². The Hall–Kier alpha value is -2.56. The molecule has 0 bridgehead atoms. The maximum absolute atomic E-state index is 12.5. The fourth-order valence-corrected chi connectivity index (χ4v) is 3.03. The molecule has 0 aromatic carbocycles. The molecule has 0 atom stereocenters. The van der Waals surface area contributed by atoms with Gasteiger partial charge in [-0.15, -0.1) is 0 Å². The number of hydrogen-bond acceptors (Lipinski definition) is 2. The van der Waals surface area contributed by atoms with Crippen molar-refractivity contribution in [3.63, 3.8) is 0 Å². The van der Waals surface area contributed by atoms with Gasteiger partial charge in [-0.25, -0.2) is 0 Å². The molecule has 1 aliphatic carbocycles. The minimum Gasteiger partial charge on any atom is -0.352 e. The number of fused-ring (bicyclic) bond motifs is 1. The highest BCUT2D eigenvalue weighted by atomic mass is 16.1. The summed E-state index contributed by atoms with van der Waals surface area (Å²) >= 11 is 0. The van der Waals surface area contributed by atoms with Crippen LogP contribution >= 0.6 is 0 Å². The lowest BCUT2D eigenvalue weighted by atomic mass is 10.2. The molecule has 0 unspecified atom stereocenters. The molecule has 3 aromatic rings. The minimum atomic E-state index is -0.0239. The predicted octanol–water partition coefficient (Wildman–Crippen LogP) is 3.35. The Morgan fingerprint density at radius 2 is 2.17 bits per heavy atom. The molecule has 3 heterocycles. The molecule has 5 nitrogen and oxygen atoms in total. The lowest BCUT2D eigenvalue weighted by Crippen LogP contribution is -2.23. The normalized spacial score (nSPS) is 14.2. The summed E-state index contributed by atoms with van der Waals surface area (Å²) in [5.74, 6) is 0.765. The van der Waals surface area contributed by atoms with E-state index in [0.29, 0.717) is 12.1 Å². The van der Waals surface area contributed by atoms with Crippen molar-refractivity contribution in [1.29, 1.82) is 0 Å². The zero-order valence-electron chi connectivity index (χ0n) is 13.9. The third-order valence-electron chi connectivity index (χ3n) is 4.50. The molecule has 4 rings (SSSR count). The Bertz CT molecular complexity index is 873. The highest BCUT2D eigenvalue weighted by molar-refractivity contribution is 6.02. The molecule has 0 spiro atoms. The summed E-state index contributed by atoms with van der Waals surface area (Å²) in [5, 5.41) is 7.68. The number of hydrogen-bond donors (Lipinski definition) is 1. The van der Waals surface area contributed by atoms with Crippen LogP contribution in [0.3, 0.4) is 0 Å². The second-order valence-electron chi connectivity index (χ2n) is 6.52. The molecule has 1 N–H and O–H groups in total. The van der Waals surface area contributed by atoms with Gasteiger partial charge in [-0.05, 0) is 49.4 Å². The molecule has 1 amide bonds. The number of aromatic nitrogens is 3. The largest absolute Gasteiger partial charge is 0.352 e. The van der Waals surface area contributed by atoms with Gasteiger partial charge in [0.15, 0.2) is 0 Å². The van der Waals surface area contributed by atoms with Crippen molar-refractivity contribution in [3.05, 3.63) is 48.3 Å². The number of pyridine rings is 1. The molecule has 0 aliphatic heterocycles. The molecular formula is C19H22N4O. The highest BCUT2D eigenvalue weighted by Gasteiger charge is 2.22. The van der Waals surface area contributed by atoms with Crippen LogP contribution in [0.2, 0.25) is 0 Å². The van der Waals surface area contributed by atoms with E-state index in [4.69, 9.17) is 5.10 Å². The average Bonchev–Trinajstić information content (AvgIpc) is 3.15. The number of nitrogens with one attached hydrogen (secondary N) is 1. The average molecular weight is 322 g/mol. The van der Waals surface area contributed by atoms with E-state index in [0.717, 1.165) is 35.8 Å². The van der Waals surface area contributed by atoms with Crippen LogP contribution < -0.4 is 5.32 Å². The van der Waals surface area contributed by atoms with Crippen molar-refractivity contribution in [2.24, 2.45) is 5.92 Å². The van der Waals surface area contributed by atoms with Crippen LogP contribution in [0.5, 0.6) is 0 Å². The van der Waals surface area contributed by atoms with Gasteiger partial charge in [-0.3, -0.25) is 9.48 Å². The Morgan fingerprint density at radius 1 is 1.29 bits per heavy atom. The van der Waals surface area contributed by atoms with Crippen LogP contribution in [0.4, 0.5) is 0 Å². The lowest BCUT2D eigenvalue weighted by molar-refractivity contribution is 0.0955. The second-order valence-corrected chi connectivity index (χ2v) is 6.52. The minimum absolute atomic E-state index is 0.0239. The van der Waals surface area contributed by atoms with Crippen LogP contribution in [0.1, 0.15) is 36.5 Å². The van der Waals surface area contributed by atoms with E-state index in [1.165, 1.54) is 12.8 Å². The zero-order chi connectivity index (χ0) is 16.5. The molecule has 5 heteroatoms.